The van der Waals surface area contributed by atoms with E-state index in [1.165, 1.54) is 6.33 Å². The van der Waals surface area contributed by atoms with Crippen LogP contribution >= 0.6 is 0 Å². The van der Waals surface area contributed by atoms with Crippen molar-refractivity contribution in [3.8, 4) is 6.07 Å². The van der Waals surface area contributed by atoms with Crippen LogP contribution in [-0.4, -0.2) is 9.97 Å². The quantitative estimate of drug-likeness (QED) is 0.598. The van der Waals surface area contributed by atoms with Crippen molar-refractivity contribution in [3.05, 3.63) is 23.3 Å². The van der Waals surface area contributed by atoms with Crippen molar-refractivity contribution in [2.45, 2.75) is 20.3 Å². The van der Waals surface area contributed by atoms with E-state index in [0.29, 0.717) is 6.42 Å². The van der Waals surface area contributed by atoms with E-state index in [2.05, 4.69) is 16.0 Å². The lowest BCUT2D eigenvalue weighted by molar-refractivity contribution is 0.986. The zero-order valence-electron chi connectivity index (χ0n) is 6.63. The third kappa shape index (κ3) is 1.53. The van der Waals surface area contributed by atoms with Crippen LogP contribution in [0.3, 0.4) is 0 Å². The third-order valence-corrected chi connectivity index (χ3v) is 1.63. The summed E-state index contributed by atoms with van der Waals surface area (Å²) < 4.78 is 0. The Morgan fingerprint density at radius 3 is 2.36 bits per heavy atom. The van der Waals surface area contributed by atoms with E-state index in [1.54, 1.807) is 0 Å². The van der Waals surface area contributed by atoms with Crippen LogP contribution in [0.4, 0.5) is 0 Å². The molecule has 0 saturated heterocycles. The molecular weight excluding hydrogens is 138 g/mol. The van der Waals surface area contributed by atoms with Gasteiger partial charge < -0.3 is 0 Å². The lowest BCUT2D eigenvalue weighted by Crippen LogP contribution is -1.97. The monoisotopic (exact) mass is 147 g/mol. The van der Waals surface area contributed by atoms with Gasteiger partial charge in [0, 0.05) is 17.0 Å². The molecule has 11 heavy (non-hydrogen) atoms. The van der Waals surface area contributed by atoms with Crippen LogP contribution in [0.15, 0.2) is 6.33 Å². The van der Waals surface area contributed by atoms with Crippen LogP contribution < -0.4 is 0 Å². The highest BCUT2D eigenvalue weighted by Gasteiger charge is 2.02. The van der Waals surface area contributed by atoms with Crippen molar-refractivity contribution in [3.63, 3.8) is 0 Å². The van der Waals surface area contributed by atoms with Gasteiger partial charge in [0.05, 0.1) is 12.5 Å². The van der Waals surface area contributed by atoms with Crippen molar-refractivity contribution in [2.24, 2.45) is 0 Å². The van der Waals surface area contributed by atoms with Crippen LogP contribution in [0, 0.1) is 25.2 Å². The van der Waals surface area contributed by atoms with E-state index in [9.17, 15) is 0 Å². The predicted molar refractivity (Wildman–Crippen MR) is 40.8 cm³/mol. The fourth-order valence-corrected chi connectivity index (χ4v) is 0.955. The summed E-state index contributed by atoms with van der Waals surface area (Å²) in [7, 11) is 0. The number of hydrogen-bond donors (Lipinski definition) is 0. The van der Waals surface area contributed by atoms with Gasteiger partial charge in [0.25, 0.3) is 0 Å². The molecule has 0 aliphatic rings. The Morgan fingerprint density at radius 1 is 1.36 bits per heavy atom. The Balaban J connectivity index is 3.12. The molecule has 0 aliphatic carbocycles. The second-order valence-electron chi connectivity index (χ2n) is 2.36. The Labute approximate surface area is 65.7 Å². The molecule has 3 nitrogen and oxygen atoms in total. The Kier molecular flexibility index (Phi) is 2.17. The Morgan fingerprint density at radius 2 is 1.91 bits per heavy atom. The summed E-state index contributed by atoms with van der Waals surface area (Å²) in [4.78, 5) is 7.99. The molecule has 0 fully saturated rings. The molecule has 1 heterocycles. The molecule has 56 valence electrons. The van der Waals surface area contributed by atoms with Crippen LogP contribution in [0.25, 0.3) is 0 Å². The van der Waals surface area contributed by atoms with E-state index >= 15 is 0 Å². The van der Waals surface area contributed by atoms with Crippen LogP contribution in [-0.2, 0) is 6.42 Å². The molecule has 0 spiro atoms. The number of aryl methyl sites for hydroxylation is 2. The van der Waals surface area contributed by atoms with Crippen molar-refractivity contribution >= 4 is 0 Å². The first-order chi connectivity index (χ1) is 5.25. The molecule has 0 unspecified atom stereocenters. The Bertz CT molecular complexity index is 278. The largest absolute Gasteiger partial charge is 0.241 e. The number of nitriles is 1. The van der Waals surface area contributed by atoms with Gasteiger partial charge in [-0.15, -0.1) is 0 Å². The van der Waals surface area contributed by atoms with Gasteiger partial charge >= 0.3 is 0 Å². The molecule has 0 amide bonds. The van der Waals surface area contributed by atoms with E-state index in [4.69, 9.17) is 5.26 Å². The van der Waals surface area contributed by atoms with Gasteiger partial charge in [-0.25, -0.2) is 9.97 Å². The average Bonchev–Trinajstić information content (AvgIpc) is 1.97. The fourth-order valence-electron chi connectivity index (χ4n) is 0.955. The van der Waals surface area contributed by atoms with Crippen molar-refractivity contribution < 1.29 is 0 Å². The molecule has 0 bridgehead atoms. The highest BCUT2D eigenvalue weighted by atomic mass is 14.8. The summed E-state index contributed by atoms with van der Waals surface area (Å²) in [5, 5.41) is 8.46. The first-order valence-corrected chi connectivity index (χ1v) is 3.39. The van der Waals surface area contributed by atoms with Gasteiger partial charge in [-0.1, -0.05) is 0 Å². The molecule has 0 radical (unpaired) electrons. The molecule has 0 aliphatic heterocycles. The number of hydrogen-bond acceptors (Lipinski definition) is 3. The first kappa shape index (κ1) is 7.67. The summed E-state index contributed by atoms with van der Waals surface area (Å²) in [6, 6.07) is 2.09. The van der Waals surface area contributed by atoms with Gasteiger partial charge in [-0.05, 0) is 13.8 Å². The zero-order chi connectivity index (χ0) is 8.27. The van der Waals surface area contributed by atoms with E-state index in [0.717, 1.165) is 17.0 Å². The SMILES string of the molecule is Cc1ncnc(C)c1CC#N. The highest BCUT2D eigenvalue weighted by Crippen LogP contribution is 2.07. The molecular formula is C8H9N3. The molecule has 0 aromatic carbocycles. The molecule has 1 aromatic heterocycles. The summed E-state index contributed by atoms with van der Waals surface area (Å²) >= 11 is 0. The molecule has 0 atom stereocenters. The second-order valence-corrected chi connectivity index (χ2v) is 2.36. The van der Waals surface area contributed by atoms with Gasteiger partial charge in [0.15, 0.2) is 0 Å². The molecule has 0 saturated carbocycles. The average molecular weight is 147 g/mol. The van der Waals surface area contributed by atoms with Crippen molar-refractivity contribution in [1.82, 2.24) is 9.97 Å². The lowest BCUT2D eigenvalue weighted by atomic mass is 10.1. The molecule has 3 heteroatoms. The molecule has 1 aromatic rings. The summed E-state index contributed by atoms with van der Waals surface area (Å²) in [6.45, 7) is 3.78. The normalized spacial score (nSPS) is 9.18. The van der Waals surface area contributed by atoms with E-state index in [-0.39, 0.29) is 0 Å². The summed E-state index contributed by atoms with van der Waals surface area (Å²) in [5.74, 6) is 0. The minimum atomic E-state index is 0.401. The second kappa shape index (κ2) is 3.11. The molecule has 0 N–H and O–H groups in total. The van der Waals surface area contributed by atoms with Gasteiger partial charge in [-0.3, -0.25) is 0 Å². The minimum Gasteiger partial charge on any atom is -0.241 e. The van der Waals surface area contributed by atoms with Crippen LogP contribution in [0.5, 0.6) is 0 Å². The van der Waals surface area contributed by atoms with Gasteiger partial charge in [-0.2, -0.15) is 5.26 Å². The topological polar surface area (TPSA) is 49.6 Å². The minimum absolute atomic E-state index is 0.401. The molecule has 1 rings (SSSR count). The maximum atomic E-state index is 8.46. The first-order valence-electron chi connectivity index (χ1n) is 3.39. The van der Waals surface area contributed by atoms with Gasteiger partial charge in [0.1, 0.15) is 6.33 Å². The van der Waals surface area contributed by atoms with E-state index in [1.807, 2.05) is 13.8 Å². The van der Waals surface area contributed by atoms with Crippen molar-refractivity contribution in [1.29, 1.82) is 5.26 Å². The zero-order valence-corrected chi connectivity index (χ0v) is 6.63. The lowest BCUT2D eigenvalue weighted by Gasteiger charge is -2.01. The fraction of sp³-hybridized carbons (Fsp3) is 0.375. The third-order valence-electron chi connectivity index (χ3n) is 1.63. The summed E-state index contributed by atoms with van der Waals surface area (Å²) in [6.07, 6.45) is 1.92. The maximum absolute atomic E-state index is 8.46. The number of nitrogens with zero attached hydrogens (tertiary/aromatic N) is 3. The Hall–Kier alpha value is -1.43. The smallest absolute Gasteiger partial charge is 0.115 e. The van der Waals surface area contributed by atoms with Gasteiger partial charge in [0.2, 0.25) is 0 Å². The number of aromatic nitrogens is 2. The van der Waals surface area contributed by atoms with Crippen LogP contribution in [0.1, 0.15) is 17.0 Å². The number of rotatable bonds is 1. The van der Waals surface area contributed by atoms with Crippen molar-refractivity contribution in [2.75, 3.05) is 0 Å². The maximum Gasteiger partial charge on any atom is 0.115 e. The highest BCUT2D eigenvalue weighted by molar-refractivity contribution is 5.25. The van der Waals surface area contributed by atoms with E-state index < -0.39 is 0 Å². The summed E-state index contributed by atoms with van der Waals surface area (Å²) in [5.41, 5.74) is 2.76. The standard InChI is InChI=1S/C8H9N3/c1-6-8(3-4-9)7(2)11-5-10-6/h5H,3H2,1-2H3. The van der Waals surface area contributed by atoms with Crippen LogP contribution in [0.2, 0.25) is 0 Å². The predicted octanol–water partition coefficient (Wildman–Crippen LogP) is 1.16.